The average Bonchev–Trinajstić information content (AvgIpc) is 2.74. The van der Waals surface area contributed by atoms with Gasteiger partial charge in [0.25, 0.3) is 0 Å². The fourth-order valence-electron chi connectivity index (χ4n) is 1.89. The molecule has 0 atom stereocenters. The molecule has 0 radical (unpaired) electrons. The third kappa shape index (κ3) is 1.72. The van der Waals surface area contributed by atoms with Gasteiger partial charge in [0, 0.05) is 5.46 Å². The van der Waals surface area contributed by atoms with Gasteiger partial charge < -0.3 is 9.31 Å². The minimum Gasteiger partial charge on any atom is -0.519 e. The number of hydrogen-bond acceptors (Lipinski definition) is 2. The van der Waals surface area contributed by atoms with Crippen LogP contribution in [-0.4, -0.2) is 7.12 Å². The van der Waals surface area contributed by atoms with Gasteiger partial charge in [0.1, 0.15) is 11.6 Å². The molecule has 5 heteroatoms. The van der Waals surface area contributed by atoms with E-state index in [1.165, 1.54) is 18.2 Å². The van der Waals surface area contributed by atoms with Gasteiger partial charge >= 0.3 is 7.12 Å². The monoisotopic (exact) mass is 246 g/mol. The average molecular weight is 246 g/mol. The molecule has 0 saturated heterocycles. The Morgan fingerprint density at radius 2 is 1.83 bits per heavy atom. The zero-order valence-corrected chi connectivity index (χ0v) is 9.61. The van der Waals surface area contributed by atoms with Gasteiger partial charge in [0.15, 0.2) is 11.6 Å². The van der Waals surface area contributed by atoms with Crippen LogP contribution in [0.3, 0.4) is 0 Å². The van der Waals surface area contributed by atoms with Crippen LogP contribution in [0.5, 0.6) is 11.5 Å². The van der Waals surface area contributed by atoms with Gasteiger partial charge in [0.2, 0.25) is 0 Å². The topological polar surface area (TPSA) is 18.5 Å². The number of benzene rings is 2. The summed E-state index contributed by atoms with van der Waals surface area (Å²) >= 11 is 0. The summed E-state index contributed by atoms with van der Waals surface area (Å²) < 4.78 is 37.9. The van der Waals surface area contributed by atoms with Crippen LogP contribution in [0.4, 0.5) is 8.78 Å². The summed E-state index contributed by atoms with van der Waals surface area (Å²) in [5.41, 5.74) is 1.06. The van der Waals surface area contributed by atoms with E-state index >= 15 is 0 Å². The molecule has 0 aliphatic carbocycles. The minimum atomic E-state index is -0.933. The van der Waals surface area contributed by atoms with Crippen molar-refractivity contribution in [3.63, 3.8) is 0 Å². The number of rotatable bonds is 1. The van der Waals surface area contributed by atoms with Crippen LogP contribution in [0.15, 0.2) is 36.4 Å². The standard InChI is InChI=1S/C13H9BF2O2/c1-8-5-6-9(11(16)7-8)14-17-12-4-2-3-10(15)13(12)18-14/h2-7H,1H3. The van der Waals surface area contributed by atoms with Crippen molar-refractivity contribution in [1.82, 2.24) is 0 Å². The quantitative estimate of drug-likeness (QED) is 0.719. The molecule has 2 aromatic carbocycles. The molecule has 2 nitrogen and oxygen atoms in total. The molecule has 1 aliphatic heterocycles. The Morgan fingerprint density at radius 1 is 1.00 bits per heavy atom. The van der Waals surface area contributed by atoms with Crippen molar-refractivity contribution < 1.29 is 18.1 Å². The molecule has 0 saturated carbocycles. The fourth-order valence-corrected chi connectivity index (χ4v) is 1.89. The molecule has 3 rings (SSSR count). The van der Waals surface area contributed by atoms with E-state index < -0.39 is 18.8 Å². The maximum atomic E-state index is 13.8. The number of aryl methyl sites for hydroxylation is 1. The molecule has 90 valence electrons. The molecule has 0 fully saturated rings. The summed E-state index contributed by atoms with van der Waals surface area (Å²) in [6, 6.07) is 9.11. The highest BCUT2D eigenvalue weighted by Gasteiger charge is 2.37. The van der Waals surface area contributed by atoms with E-state index in [2.05, 4.69) is 0 Å². The van der Waals surface area contributed by atoms with Crippen molar-refractivity contribution >= 4 is 12.6 Å². The highest BCUT2D eigenvalue weighted by Crippen LogP contribution is 2.35. The first kappa shape index (κ1) is 11.1. The lowest BCUT2D eigenvalue weighted by atomic mass is 9.78. The van der Waals surface area contributed by atoms with Crippen molar-refractivity contribution in [2.75, 3.05) is 0 Å². The maximum absolute atomic E-state index is 13.8. The zero-order chi connectivity index (χ0) is 12.7. The van der Waals surface area contributed by atoms with E-state index in [1.807, 2.05) is 0 Å². The molecule has 0 N–H and O–H groups in total. The third-order valence-electron chi connectivity index (χ3n) is 2.80. The van der Waals surface area contributed by atoms with Gasteiger partial charge in [-0.1, -0.05) is 18.2 Å². The van der Waals surface area contributed by atoms with Crippen LogP contribution in [0.2, 0.25) is 0 Å². The van der Waals surface area contributed by atoms with Crippen molar-refractivity contribution in [1.29, 1.82) is 0 Å². The van der Waals surface area contributed by atoms with E-state index in [9.17, 15) is 8.78 Å². The Kier molecular flexibility index (Phi) is 2.47. The molecular weight excluding hydrogens is 237 g/mol. The number of para-hydroxylation sites is 1. The van der Waals surface area contributed by atoms with Crippen LogP contribution >= 0.6 is 0 Å². The summed E-state index contributed by atoms with van der Waals surface area (Å²) in [5.74, 6) is -0.613. The summed E-state index contributed by atoms with van der Waals surface area (Å²) in [5, 5.41) is 0. The van der Waals surface area contributed by atoms with Crippen LogP contribution in [0.1, 0.15) is 5.56 Å². The smallest absolute Gasteiger partial charge is 0.519 e. The summed E-state index contributed by atoms with van der Waals surface area (Å²) in [4.78, 5) is 0. The molecule has 18 heavy (non-hydrogen) atoms. The maximum Gasteiger partial charge on any atom is 0.635 e. The van der Waals surface area contributed by atoms with Crippen LogP contribution < -0.4 is 14.8 Å². The largest absolute Gasteiger partial charge is 0.635 e. The molecule has 1 aliphatic rings. The normalized spacial score (nSPS) is 12.9. The van der Waals surface area contributed by atoms with Gasteiger partial charge in [-0.2, -0.15) is 0 Å². The van der Waals surface area contributed by atoms with Crippen LogP contribution in [-0.2, 0) is 0 Å². The van der Waals surface area contributed by atoms with E-state index in [0.717, 1.165) is 5.56 Å². The first-order valence-electron chi connectivity index (χ1n) is 5.53. The molecule has 0 unspecified atom stereocenters. The lowest BCUT2D eigenvalue weighted by Crippen LogP contribution is -2.41. The Morgan fingerprint density at radius 3 is 2.56 bits per heavy atom. The molecule has 1 heterocycles. The van der Waals surface area contributed by atoms with Crippen LogP contribution in [0, 0.1) is 18.6 Å². The first-order valence-corrected chi connectivity index (χ1v) is 5.53. The Balaban J connectivity index is 1.96. The van der Waals surface area contributed by atoms with E-state index in [0.29, 0.717) is 5.75 Å². The predicted molar refractivity (Wildman–Crippen MR) is 64.2 cm³/mol. The van der Waals surface area contributed by atoms with Gasteiger partial charge in [-0.3, -0.25) is 0 Å². The van der Waals surface area contributed by atoms with Gasteiger partial charge in [-0.25, -0.2) is 8.78 Å². The first-order chi connectivity index (χ1) is 8.65. The second-order valence-electron chi connectivity index (χ2n) is 4.16. The molecule has 0 amide bonds. The number of halogens is 2. The van der Waals surface area contributed by atoms with Crippen molar-refractivity contribution in [2.45, 2.75) is 6.92 Å². The Bertz CT molecular complexity index is 616. The Labute approximate surface area is 103 Å². The van der Waals surface area contributed by atoms with E-state index in [4.69, 9.17) is 9.31 Å². The number of hydrogen-bond donors (Lipinski definition) is 0. The van der Waals surface area contributed by atoms with Gasteiger partial charge in [0.05, 0.1) is 0 Å². The second kappa shape index (κ2) is 4.01. The minimum absolute atomic E-state index is 0.0301. The van der Waals surface area contributed by atoms with Gasteiger partial charge in [-0.15, -0.1) is 0 Å². The summed E-state index contributed by atoms with van der Waals surface area (Å²) in [6.07, 6.45) is 0. The Hall–Kier alpha value is -2.04. The molecule has 0 aromatic heterocycles. The fraction of sp³-hybridized carbons (Fsp3) is 0.0769. The molecule has 2 aromatic rings. The molecule has 0 spiro atoms. The molecule has 0 bridgehead atoms. The molecular formula is C13H9BF2O2. The van der Waals surface area contributed by atoms with Crippen LogP contribution in [0.25, 0.3) is 0 Å². The van der Waals surface area contributed by atoms with E-state index in [1.54, 1.807) is 25.1 Å². The van der Waals surface area contributed by atoms with E-state index in [-0.39, 0.29) is 11.2 Å². The summed E-state index contributed by atoms with van der Waals surface area (Å²) in [6.45, 7) is 1.79. The zero-order valence-electron chi connectivity index (χ0n) is 9.61. The van der Waals surface area contributed by atoms with Gasteiger partial charge in [-0.05, 0) is 30.7 Å². The highest BCUT2D eigenvalue weighted by atomic mass is 19.1. The number of fused-ring (bicyclic) bond motifs is 1. The van der Waals surface area contributed by atoms with Crippen molar-refractivity contribution in [3.8, 4) is 11.5 Å². The summed E-state index contributed by atoms with van der Waals surface area (Å²) in [7, 11) is -0.933. The highest BCUT2D eigenvalue weighted by molar-refractivity contribution is 6.63. The third-order valence-corrected chi connectivity index (χ3v) is 2.80. The van der Waals surface area contributed by atoms with Crippen molar-refractivity contribution in [3.05, 3.63) is 53.6 Å². The lowest BCUT2D eigenvalue weighted by Gasteiger charge is -2.06. The predicted octanol–water partition coefficient (Wildman–Crippen LogP) is 2.44. The van der Waals surface area contributed by atoms with Crippen molar-refractivity contribution in [2.24, 2.45) is 0 Å². The SMILES string of the molecule is Cc1ccc(B2Oc3cccc(F)c3O2)c(F)c1. The lowest BCUT2D eigenvalue weighted by molar-refractivity contribution is 0.493. The second-order valence-corrected chi connectivity index (χ2v) is 4.16.